The van der Waals surface area contributed by atoms with Gasteiger partial charge in [0.25, 0.3) is 11.5 Å². The van der Waals surface area contributed by atoms with E-state index in [4.69, 9.17) is 0 Å². The molecule has 0 saturated carbocycles. The van der Waals surface area contributed by atoms with Crippen LogP contribution in [0, 0.1) is 3.70 Å². The second-order valence-corrected chi connectivity index (χ2v) is 9.39. The molecule has 0 spiro atoms. The van der Waals surface area contributed by atoms with Crippen molar-refractivity contribution >= 4 is 45.3 Å². The number of carbonyl (C=O) groups is 1. The standard InChI is InChI=1S/C25H27IN6O4/c1-3-9-30-19-13-18(29-22(19)24(35)32(10-4-2)25(30)36)16-6-8-21(28-14-16)31(11-12-33)23(34)17-5-7-20(26)27-15-17/h5-8,13-15,29,33H,3-4,9-12H2,1-2H3. The summed E-state index contributed by atoms with van der Waals surface area (Å²) in [5, 5.41) is 9.53. The average molecular weight is 602 g/mol. The third-order valence-corrected chi connectivity index (χ3v) is 6.42. The second kappa shape index (κ2) is 11.2. The molecular weight excluding hydrogens is 575 g/mol. The number of carbonyl (C=O) groups excluding carboxylic acids is 1. The van der Waals surface area contributed by atoms with E-state index in [-0.39, 0.29) is 30.3 Å². The maximum atomic E-state index is 13.0. The molecule has 4 heterocycles. The number of nitrogens with zero attached hydrogens (tertiary/aromatic N) is 5. The predicted molar refractivity (Wildman–Crippen MR) is 146 cm³/mol. The quantitative estimate of drug-likeness (QED) is 0.224. The number of rotatable bonds is 9. The summed E-state index contributed by atoms with van der Waals surface area (Å²) in [6.07, 6.45) is 4.51. The Kier molecular flexibility index (Phi) is 7.99. The van der Waals surface area contributed by atoms with Gasteiger partial charge in [-0.15, -0.1) is 0 Å². The summed E-state index contributed by atoms with van der Waals surface area (Å²) in [5.41, 5.74) is 2.01. The minimum absolute atomic E-state index is 0.0732. The van der Waals surface area contributed by atoms with Crippen molar-refractivity contribution in [3.05, 3.63) is 72.8 Å². The molecular formula is C25H27IN6O4. The van der Waals surface area contributed by atoms with Gasteiger partial charge in [-0.25, -0.2) is 14.8 Å². The number of amides is 1. The molecule has 0 atom stereocenters. The van der Waals surface area contributed by atoms with Crippen LogP contribution in [0.3, 0.4) is 0 Å². The number of hydrogen-bond donors (Lipinski definition) is 2. The van der Waals surface area contributed by atoms with Crippen LogP contribution in [0.25, 0.3) is 22.3 Å². The molecule has 0 radical (unpaired) electrons. The summed E-state index contributed by atoms with van der Waals surface area (Å²) < 4.78 is 3.67. The van der Waals surface area contributed by atoms with Crippen LogP contribution >= 0.6 is 22.6 Å². The van der Waals surface area contributed by atoms with Gasteiger partial charge in [0.05, 0.1) is 24.2 Å². The maximum absolute atomic E-state index is 13.0. The number of aryl methyl sites for hydroxylation is 1. The zero-order chi connectivity index (χ0) is 25.8. The average Bonchev–Trinajstić information content (AvgIpc) is 3.33. The Labute approximate surface area is 220 Å². The van der Waals surface area contributed by atoms with Crippen LogP contribution in [0.15, 0.2) is 52.3 Å². The van der Waals surface area contributed by atoms with Crippen molar-refractivity contribution in [2.24, 2.45) is 0 Å². The highest BCUT2D eigenvalue weighted by Crippen LogP contribution is 2.24. The van der Waals surface area contributed by atoms with Crippen LogP contribution in [0.1, 0.15) is 37.0 Å². The molecule has 1 amide bonds. The summed E-state index contributed by atoms with van der Waals surface area (Å²) in [5.74, 6) is 0.0551. The molecule has 10 nitrogen and oxygen atoms in total. The summed E-state index contributed by atoms with van der Waals surface area (Å²) in [6.45, 7) is 4.60. The fourth-order valence-electron chi connectivity index (χ4n) is 4.09. The zero-order valence-electron chi connectivity index (χ0n) is 20.1. The zero-order valence-corrected chi connectivity index (χ0v) is 22.2. The largest absolute Gasteiger partial charge is 0.395 e. The molecule has 2 N–H and O–H groups in total. The summed E-state index contributed by atoms with van der Waals surface area (Å²) in [7, 11) is 0. The van der Waals surface area contributed by atoms with E-state index in [2.05, 4.69) is 37.5 Å². The first-order valence-corrected chi connectivity index (χ1v) is 12.8. The molecule has 0 aliphatic rings. The van der Waals surface area contributed by atoms with Crippen LogP contribution in [-0.4, -0.2) is 48.3 Å². The van der Waals surface area contributed by atoms with Gasteiger partial charge in [-0.05, 0) is 65.8 Å². The number of anilines is 1. The van der Waals surface area contributed by atoms with Gasteiger partial charge >= 0.3 is 5.69 Å². The highest BCUT2D eigenvalue weighted by Gasteiger charge is 2.20. The van der Waals surface area contributed by atoms with Gasteiger partial charge in [0.15, 0.2) is 0 Å². The van der Waals surface area contributed by atoms with E-state index in [1.54, 1.807) is 41.1 Å². The number of hydrogen-bond acceptors (Lipinski definition) is 6. The number of nitrogens with one attached hydrogen (secondary N) is 1. The number of fused-ring (bicyclic) bond motifs is 1. The summed E-state index contributed by atoms with van der Waals surface area (Å²) in [4.78, 5) is 52.2. The molecule has 0 aromatic carbocycles. The number of halogens is 1. The molecule has 188 valence electrons. The molecule has 4 aromatic heterocycles. The van der Waals surface area contributed by atoms with Crippen LogP contribution in [0.4, 0.5) is 5.82 Å². The Hall–Kier alpha value is -3.32. The lowest BCUT2D eigenvalue weighted by molar-refractivity contribution is 0.0980. The molecule has 0 aliphatic heterocycles. The third-order valence-electron chi connectivity index (χ3n) is 5.78. The van der Waals surface area contributed by atoms with Crippen molar-refractivity contribution in [2.75, 3.05) is 18.1 Å². The normalized spacial score (nSPS) is 11.2. The van der Waals surface area contributed by atoms with E-state index in [1.165, 1.54) is 15.7 Å². The topological polar surface area (TPSA) is 126 Å². The lowest BCUT2D eigenvalue weighted by Gasteiger charge is -2.21. The van der Waals surface area contributed by atoms with Crippen molar-refractivity contribution in [1.29, 1.82) is 0 Å². The molecule has 0 fully saturated rings. The number of aliphatic hydroxyl groups excluding tert-OH is 1. The van der Waals surface area contributed by atoms with Crippen molar-refractivity contribution < 1.29 is 9.90 Å². The van der Waals surface area contributed by atoms with Gasteiger partial charge in [-0.2, -0.15) is 0 Å². The van der Waals surface area contributed by atoms with E-state index in [0.29, 0.717) is 53.2 Å². The Morgan fingerprint density at radius 1 is 1.06 bits per heavy atom. The van der Waals surface area contributed by atoms with Gasteiger partial charge in [0.2, 0.25) is 0 Å². The first kappa shape index (κ1) is 25.8. The van der Waals surface area contributed by atoms with E-state index in [9.17, 15) is 19.5 Å². The number of aliphatic hydroxyl groups is 1. The second-order valence-electron chi connectivity index (χ2n) is 8.29. The predicted octanol–water partition coefficient (Wildman–Crippen LogP) is 3.01. The van der Waals surface area contributed by atoms with Crippen molar-refractivity contribution in [3.63, 3.8) is 0 Å². The minimum Gasteiger partial charge on any atom is -0.395 e. The highest BCUT2D eigenvalue weighted by atomic mass is 127. The van der Waals surface area contributed by atoms with Gasteiger partial charge in [-0.3, -0.25) is 23.6 Å². The number of aromatic nitrogens is 5. The van der Waals surface area contributed by atoms with Crippen molar-refractivity contribution in [2.45, 2.75) is 39.8 Å². The minimum atomic E-state index is -0.342. The van der Waals surface area contributed by atoms with Gasteiger partial charge in [0, 0.05) is 36.7 Å². The van der Waals surface area contributed by atoms with Crippen molar-refractivity contribution in [3.8, 4) is 11.3 Å². The molecule has 11 heteroatoms. The Morgan fingerprint density at radius 3 is 2.42 bits per heavy atom. The molecule has 4 rings (SSSR count). The van der Waals surface area contributed by atoms with Crippen LogP contribution < -0.4 is 16.1 Å². The molecule has 0 unspecified atom stereocenters. The Balaban J connectivity index is 1.72. The van der Waals surface area contributed by atoms with Crippen LogP contribution in [-0.2, 0) is 13.1 Å². The monoisotopic (exact) mass is 602 g/mol. The number of H-pyrrole nitrogens is 1. The van der Waals surface area contributed by atoms with Crippen LogP contribution in [0.5, 0.6) is 0 Å². The molecule has 36 heavy (non-hydrogen) atoms. The first-order chi connectivity index (χ1) is 17.4. The maximum Gasteiger partial charge on any atom is 0.331 e. The highest BCUT2D eigenvalue weighted by molar-refractivity contribution is 14.1. The first-order valence-electron chi connectivity index (χ1n) is 11.8. The lowest BCUT2D eigenvalue weighted by Crippen LogP contribution is -2.39. The molecule has 0 saturated heterocycles. The van der Waals surface area contributed by atoms with E-state index in [0.717, 1.165) is 10.1 Å². The van der Waals surface area contributed by atoms with Gasteiger partial charge < -0.3 is 10.1 Å². The van der Waals surface area contributed by atoms with E-state index < -0.39 is 0 Å². The molecule has 4 aromatic rings. The summed E-state index contributed by atoms with van der Waals surface area (Å²) in [6, 6.07) is 8.67. The number of pyridine rings is 2. The van der Waals surface area contributed by atoms with Crippen molar-refractivity contribution in [1.82, 2.24) is 24.1 Å². The lowest BCUT2D eigenvalue weighted by atomic mass is 10.2. The Bertz CT molecular complexity index is 1490. The molecule has 0 aliphatic carbocycles. The van der Waals surface area contributed by atoms with Gasteiger partial charge in [0.1, 0.15) is 15.0 Å². The fourth-order valence-corrected chi connectivity index (χ4v) is 4.41. The third kappa shape index (κ3) is 4.98. The SMILES string of the molecule is CCCn1c(=O)c2[nH]c(-c3ccc(N(CCO)C(=O)c4ccc(I)nc4)nc3)cc2n(CCC)c1=O. The van der Waals surface area contributed by atoms with E-state index in [1.807, 2.05) is 13.8 Å². The molecule has 0 bridgehead atoms. The van der Waals surface area contributed by atoms with Gasteiger partial charge in [-0.1, -0.05) is 13.8 Å². The van der Waals surface area contributed by atoms with Crippen LogP contribution in [0.2, 0.25) is 0 Å². The smallest absolute Gasteiger partial charge is 0.331 e. The Morgan fingerprint density at radius 2 is 1.81 bits per heavy atom. The number of aromatic amines is 1. The van der Waals surface area contributed by atoms with E-state index >= 15 is 0 Å². The fraction of sp³-hybridized carbons (Fsp3) is 0.320. The summed E-state index contributed by atoms with van der Waals surface area (Å²) >= 11 is 2.06.